The molecule has 2 aromatic heterocycles. The van der Waals surface area contributed by atoms with Crippen LogP contribution in [0.15, 0.2) is 172 Å². The van der Waals surface area contributed by atoms with Gasteiger partial charge >= 0.3 is 0 Å². The second-order valence-corrected chi connectivity index (χ2v) is 12.1. The van der Waals surface area contributed by atoms with Crippen LogP contribution >= 0.6 is 0 Å². The van der Waals surface area contributed by atoms with E-state index in [1.807, 2.05) is 36.5 Å². The highest BCUT2D eigenvalue weighted by molar-refractivity contribution is 6.24. The molecule has 1 aliphatic rings. The maximum atomic E-state index is 6.72. The molecule has 1 unspecified atom stereocenters. The predicted molar refractivity (Wildman–Crippen MR) is 196 cm³/mol. The lowest BCUT2D eigenvalue weighted by molar-refractivity contribution is 0.383. The maximum Gasteiger partial charge on any atom is 0.160 e. The molecule has 0 radical (unpaired) electrons. The first kappa shape index (κ1) is 27.9. The Balaban J connectivity index is 1.28. The van der Waals surface area contributed by atoms with E-state index in [0.29, 0.717) is 5.84 Å². The van der Waals surface area contributed by atoms with Gasteiger partial charge in [0.1, 0.15) is 23.2 Å². The molecule has 6 aromatic carbocycles. The third kappa shape index (κ3) is 4.76. The number of nitrogens with zero attached hydrogens (tertiary/aromatic N) is 4. The summed E-state index contributed by atoms with van der Waals surface area (Å²) in [5.41, 5.74) is 10.0. The first-order valence-corrected chi connectivity index (χ1v) is 16.1. The van der Waals surface area contributed by atoms with E-state index in [1.165, 1.54) is 5.56 Å². The third-order valence-corrected chi connectivity index (χ3v) is 9.17. The van der Waals surface area contributed by atoms with E-state index in [1.54, 1.807) is 0 Å². The molecule has 5 heteroatoms. The van der Waals surface area contributed by atoms with Gasteiger partial charge in [0.05, 0.1) is 5.52 Å². The van der Waals surface area contributed by atoms with Crippen LogP contribution < -0.4 is 0 Å². The van der Waals surface area contributed by atoms with E-state index in [4.69, 9.17) is 14.4 Å². The molecule has 48 heavy (non-hydrogen) atoms. The van der Waals surface area contributed by atoms with Crippen molar-refractivity contribution in [1.82, 2.24) is 9.88 Å². The number of amidine groups is 2. The molecule has 1 atom stereocenters. The number of fused-ring (bicyclic) bond motifs is 4. The van der Waals surface area contributed by atoms with Gasteiger partial charge in [-0.15, -0.1) is 0 Å². The number of benzene rings is 6. The average molecular weight is 619 g/mol. The minimum absolute atomic E-state index is 0.269. The molecule has 0 aliphatic carbocycles. The Morgan fingerprint density at radius 3 is 2.00 bits per heavy atom. The van der Waals surface area contributed by atoms with Crippen LogP contribution in [0.2, 0.25) is 0 Å². The molecule has 228 valence electrons. The number of pyridine rings is 1. The number of hydrogen-bond donors (Lipinski definition) is 0. The summed E-state index contributed by atoms with van der Waals surface area (Å²) < 4.78 is 6.72. The van der Waals surface area contributed by atoms with Gasteiger partial charge < -0.3 is 9.32 Å². The van der Waals surface area contributed by atoms with Crippen LogP contribution in [0.25, 0.3) is 55.1 Å². The van der Waals surface area contributed by atoms with Crippen LogP contribution in [0.3, 0.4) is 0 Å². The molecular formula is C43H30N4O. The molecule has 3 heterocycles. The van der Waals surface area contributed by atoms with Crippen molar-refractivity contribution in [2.75, 3.05) is 7.05 Å². The summed E-state index contributed by atoms with van der Waals surface area (Å²) in [6.07, 6.45) is 1.55. The van der Waals surface area contributed by atoms with Gasteiger partial charge in [0, 0.05) is 52.2 Å². The van der Waals surface area contributed by atoms with E-state index < -0.39 is 0 Å². The van der Waals surface area contributed by atoms with E-state index in [-0.39, 0.29) is 6.17 Å². The van der Waals surface area contributed by atoms with Crippen molar-refractivity contribution in [3.05, 3.63) is 175 Å². The van der Waals surface area contributed by atoms with Crippen molar-refractivity contribution >= 4 is 44.5 Å². The van der Waals surface area contributed by atoms with Crippen LogP contribution in [0.5, 0.6) is 0 Å². The summed E-state index contributed by atoms with van der Waals surface area (Å²) in [4.78, 5) is 17.4. The Morgan fingerprint density at radius 1 is 0.604 bits per heavy atom. The average Bonchev–Trinajstić information content (AvgIpc) is 3.53. The molecule has 9 rings (SSSR count). The molecular weight excluding hydrogens is 589 g/mol. The third-order valence-electron chi connectivity index (χ3n) is 9.17. The highest BCUT2D eigenvalue weighted by Crippen LogP contribution is 2.41. The molecule has 1 aliphatic heterocycles. The topological polar surface area (TPSA) is 54.0 Å². The number of rotatable bonds is 5. The van der Waals surface area contributed by atoms with Crippen LogP contribution in [0, 0.1) is 0 Å². The molecule has 0 saturated carbocycles. The van der Waals surface area contributed by atoms with E-state index in [2.05, 4.69) is 138 Å². The molecule has 5 nitrogen and oxygen atoms in total. The van der Waals surface area contributed by atoms with Crippen molar-refractivity contribution in [2.45, 2.75) is 6.17 Å². The highest BCUT2D eigenvalue weighted by Gasteiger charge is 2.29. The lowest BCUT2D eigenvalue weighted by Gasteiger charge is -2.32. The van der Waals surface area contributed by atoms with Gasteiger partial charge in [-0.25, -0.2) is 9.98 Å². The SMILES string of the molecule is CN1C(c2ccc(-c3ccccc3)cc2)=NC(c2ccc(-c3ccccc3)c3oc4cc5ncccc5cc4c23)=NC1c1ccccc1. The van der Waals surface area contributed by atoms with Crippen molar-refractivity contribution in [2.24, 2.45) is 9.98 Å². The van der Waals surface area contributed by atoms with Gasteiger partial charge in [0.2, 0.25) is 0 Å². The van der Waals surface area contributed by atoms with Gasteiger partial charge in [0.25, 0.3) is 0 Å². The molecule has 0 amide bonds. The summed E-state index contributed by atoms with van der Waals surface area (Å²) in [7, 11) is 2.07. The van der Waals surface area contributed by atoms with Crippen LogP contribution in [-0.2, 0) is 0 Å². The lowest BCUT2D eigenvalue weighted by Crippen LogP contribution is -2.35. The van der Waals surface area contributed by atoms with Gasteiger partial charge in [-0.2, -0.15) is 0 Å². The molecule has 0 N–H and O–H groups in total. The summed E-state index contributed by atoms with van der Waals surface area (Å²) in [5, 5.41) is 3.06. The number of aromatic nitrogens is 1. The normalized spacial score (nSPS) is 14.8. The smallest absolute Gasteiger partial charge is 0.160 e. The van der Waals surface area contributed by atoms with E-state index in [0.717, 1.165) is 72.1 Å². The zero-order valence-corrected chi connectivity index (χ0v) is 26.3. The summed E-state index contributed by atoms with van der Waals surface area (Å²) in [6.45, 7) is 0. The quantitative estimate of drug-likeness (QED) is 0.193. The van der Waals surface area contributed by atoms with Gasteiger partial charge in [-0.3, -0.25) is 4.98 Å². The fraction of sp³-hybridized carbons (Fsp3) is 0.0465. The predicted octanol–water partition coefficient (Wildman–Crippen LogP) is 10.3. The summed E-state index contributed by atoms with van der Waals surface area (Å²) in [5.74, 6) is 1.53. The zero-order valence-electron chi connectivity index (χ0n) is 26.3. The standard InChI is InChI=1S/C43H30N4O/c1-47-42(31-16-9-4-10-17-31)45-41(46-43(47)32-21-19-29(20-22-32)28-12-5-2-6-13-28)35-24-23-34(30-14-7-3-8-15-30)40-39(35)36-26-33-18-11-25-44-37(33)27-38(36)48-40/h2-27,42H,1H3. The van der Waals surface area contributed by atoms with Gasteiger partial charge in [0.15, 0.2) is 5.84 Å². The zero-order chi connectivity index (χ0) is 32.0. The Hall–Kier alpha value is -6.33. The monoisotopic (exact) mass is 618 g/mol. The fourth-order valence-corrected chi connectivity index (χ4v) is 6.77. The Morgan fingerprint density at radius 2 is 1.25 bits per heavy atom. The molecule has 0 spiro atoms. The second-order valence-electron chi connectivity index (χ2n) is 12.1. The molecule has 0 fully saturated rings. The summed E-state index contributed by atoms with van der Waals surface area (Å²) in [6, 6.07) is 52.5. The van der Waals surface area contributed by atoms with E-state index in [9.17, 15) is 0 Å². The minimum atomic E-state index is -0.269. The van der Waals surface area contributed by atoms with Crippen molar-refractivity contribution < 1.29 is 4.42 Å². The Labute approximate surface area is 278 Å². The number of hydrogen-bond acceptors (Lipinski definition) is 5. The number of furan rings is 1. The lowest BCUT2D eigenvalue weighted by atomic mass is 9.97. The number of aliphatic imine (C=N–C) groups is 2. The van der Waals surface area contributed by atoms with Crippen LogP contribution in [0.4, 0.5) is 0 Å². The summed E-state index contributed by atoms with van der Waals surface area (Å²) >= 11 is 0. The molecule has 0 bridgehead atoms. The minimum Gasteiger partial charge on any atom is -0.455 e. The van der Waals surface area contributed by atoms with Crippen molar-refractivity contribution in [1.29, 1.82) is 0 Å². The first-order valence-electron chi connectivity index (χ1n) is 16.1. The first-order chi connectivity index (χ1) is 23.7. The molecule has 0 saturated heterocycles. The van der Waals surface area contributed by atoms with Crippen molar-refractivity contribution in [3.8, 4) is 22.3 Å². The highest BCUT2D eigenvalue weighted by atomic mass is 16.3. The van der Waals surface area contributed by atoms with E-state index >= 15 is 0 Å². The van der Waals surface area contributed by atoms with Crippen LogP contribution in [0.1, 0.15) is 22.9 Å². The Bertz CT molecular complexity index is 2500. The van der Waals surface area contributed by atoms with Gasteiger partial charge in [-0.1, -0.05) is 121 Å². The fourth-order valence-electron chi connectivity index (χ4n) is 6.77. The molecule has 8 aromatic rings. The van der Waals surface area contributed by atoms with Gasteiger partial charge in [-0.05, 0) is 46.5 Å². The maximum absolute atomic E-state index is 6.72. The van der Waals surface area contributed by atoms with Crippen LogP contribution in [-0.4, -0.2) is 28.6 Å². The second kappa shape index (κ2) is 11.5. The largest absolute Gasteiger partial charge is 0.455 e. The van der Waals surface area contributed by atoms with Crippen molar-refractivity contribution in [3.63, 3.8) is 0 Å². The Kier molecular flexibility index (Phi) is 6.68.